The highest BCUT2D eigenvalue weighted by Gasteiger charge is 2.28. The van der Waals surface area contributed by atoms with E-state index >= 15 is 0 Å². The lowest BCUT2D eigenvalue weighted by Gasteiger charge is -2.35. The van der Waals surface area contributed by atoms with Gasteiger partial charge >= 0.3 is 0 Å². The molecule has 0 N–H and O–H groups in total. The number of likely N-dealkylation sites (tertiary alicyclic amines) is 2. The zero-order valence-corrected chi connectivity index (χ0v) is 13.4. The number of hydrogen-bond donors (Lipinski definition) is 0. The van der Waals surface area contributed by atoms with Crippen molar-refractivity contribution in [1.29, 1.82) is 0 Å². The van der Waals surface area contributed by atoms with Gasteiger partial charge in [0.2, 0.25) is 0 Å². The molecule has 0 atom stereocenters. The van der Waals surface area contributed by atoms with Gasteiger partial charge in [-0.1, -0.05) is 18.5 Å². The lowest BCUT2D eigenvalue weighted by molar-refractivity contribution is 0.0714. The molecular weight excluding hydrogens is 236 g/mol. The second kappa shape index (κ2) is 8.13. The van der Waals surface area contributed by atoms with E-state index in [-0.39, 0.29) is 9.52 Å². The summed E-state index contributed by atoms with van der Waals surface area (Å²) in [5.41, 5.74) is 0. The van der Waals surface area contributed by atoms with Crippen molar-refractivity contribution < 1.29 is 0 Å². The van der Waals surface area contributed by atoms with Gasteiger partial charge in [-0.15, -0.1) is 6.58 Å². The van der Waals surface area contributed by atoms with E-state index in [0.717, 1.165) is 6.17 Å². The van der Waals surface area contributed by atoms with Crippen LogP contribution in [0.15, 0.2) is 12.7 Å². The summed E-state index contributed by atoms with van der Waals surface area (Å²) in [6, 6.07) is 2.85. The van der Waals surface area contributed by atoms with Crippen LogP contribution in [0.3, 0.4) is 0 Å². The molecule has 18 heavy (non-hydrogen) atoms. The van der Waals surface area contributed by atoms with Gasteiger partial charge in [-0.25, -0.2) is 0 Å². The molecule has 2 rings (SSSR count). The van der Waals surface area contributed by atoms with Gasteiger partial charge in [0.1, 0.15) is 0 Å². The number of hydrogen-bond acceptors (Lipinski definition) is 2. The van der Waals surface area contributed by atoms with Crippen LogP contribution >= 0.6 is 0 Å². The number of nitrogens with zero attached hydrogens (tertiary/aromatic N) is 2. The summed E-state index contributed by atoms with van der Waals surface area (Å²) in [6.07, 6.45) is 11.5. The number of rotatable bonds is 8. The molecule has 3 heteroatoms. The second-order valence-electron chi connectivity index (χ2n) is 5.89. The third-order valence-corrected chi connectivity index (χ3v) is 6.31. The fourth-order valence-electron chi connectivity index (χ4n) is 3.47. The maximum Gasteiger partial charge on any atom is 0.0622 e. The average Bonchev–Trinajstić information content (AvgIpc) is 3.06. The van der Waals surface area contributed by atoms with E-state index in [0.29, 0.717) is 0 Å². The van der Waals surface area contributed by atoms with Crippen molar-refractivity contribution in [3.05, 3.63) is 12.7 Å². The summed E-state index contributed by atoms with van der Waals surface area (Å²) in [5, 5.41) is 0. The molecule has 2 nitrogen and oxygen atoms in total. The van der Waals surface area contributed by atoms with E-state index in [1.54, 1.807) is 0 Å². The van der Waals surface area contributed by atoms with Crippen molar-refractivity contribution in [3.8, 4) is 0 Å². The van der Waals surface area contributed by atoms with Gasteiger partial charge in [-0.05, 0) is 64.3 Å². The highest BCUT2D eigenvalue weighted by molar-refractivity contribution is 6.35. The van der Waals surface area contributed by atoms with E-state index in [1.807, 2.05) is 0 Å². The minimum atomic E-state index is 0.170. The van der Waals surface area contributed by atoms with Gasteiger partial charge in [0, 0.05) is 9.52 Å². The van der Waals surface area contributed by atoms with Crippen LogP contribution in [0.25, 0.3) is 0 Å². The Kier molecular flexibility index (Phi) is 6.45. The fraction of sp³-hybridized carbons (Fsp3) is 0.867. The lowest BCUT2D eigenvalue weighted by atomic mass is 10.2. The van der Waals surface area contributed by atoms with Crippen molar-refractivity contribution in [1.82, 2.24) is 9.80 Å². The van der Waals surface area contributed by atoms with Crippen LogP contribution in [0.5, 0.6) is 0 Å². The second-order valence-corrected chi connectivity index (χ2v) is 7.89. The molecule has 2 aliphatic heterocycles. The Morgan fingerprint density at radius 3 is 2.06 bits per heavy atom. The standard InChI is InChI=1S/C15H30N2Si/c1-2-13-18-14-7-8-15(16-9-3-4-10-16)17-11-5-6-12-17/h2,15H,1,3-14,18H2. The van der Waals surface area contributed by atoms with Crippen LogP contribution in [0.2, 0.25) is 12.1 Å². The first-order chi connectivity index (χ1) is 8.92. The maximum absolute atomic E-state index is 3.84. The Bertz CT molecular complexity index is 217. The Hall–Kier alpha value is -0.123. The summed E-state index contributed by atoms with van der Waals surface area (Å²) in [6.45, 7) is 9.25. The topological polar surface area (TPSA) is 6.48 Å². The van der Waals surface area contributed by atoms with E-state index in [1.165, 1.54) is 76.8 Å². The zero-order valence-electron chi connectivity index (χ0n) is 11.9. The first-order valence-electron chi connectivity index (χ1n) is 8.01. The van der Waals surface area contributed by atoms with E-state index in [2.05, 4.69) is 22.5 Å². The van der Waals surface area contributed by atoms with Crippen molar-refractivity contribution in [2.45, 2.75) is 56.8 Å². The predicted octanol–water partition coefficient (Wildman–Crippen LogP) is 2.48. The molecule has 0 spiro atoms. The molecule has 0 aromatic heterocycles. The van der Waals surface area contributed by atoms with Gasteiger partial charge in [-0.2, -0.15) is 0 Å². The van der Waals surface area contributed by atoms with Crippen LogP contribution in [-0.4, -0.2) is 51.7 Å². The molecule has 0 bridgehead atoms. The van der Waals surface area contributed by atoms with Crippen LogP contribution in [0.4, 0.5) is 0 Å². The molecule has 0 aromatic carbocycles. The average molecular weight is 267 g/mol. The zero-order chi connectivity index (χ0) is 12.6. The van der Waals surface area contributed by atoms with Gasteiger partial charge < -0.3 is 0 Å². The molecule has 2 saturated heterocycles. The quantitative estimate of drug-likeness (QED) is 0.378. The summed E-state index contributed by atoms with van der Waals surface area (Å²) < 4.78 is 0. The van der Waals surface area contributed by atoms with Crippen molar-refractivity contribution in [3.63, 3.8) is 0 Å². The third kappa shape index (κ3) is 4.21. The van der Waals surface area contributed by atoms with E-state index < -0.39 is 0 Å². The monoisotopic (exact) mass is 266 g/mol. The van der Waals surface area contributed by atoms with Crippen LogP contribution < -0.4 is 0 Å². The minimum Gasteiger partial charge on any atom is -0.288 e. The van der Waals surface area contributed by atoms with E-state index in [9.17, 15) is 0 Å². The van der Waals surface area contributed by atoms with Crippen LogP contribution in [0, 0.1) is 0 Å². The predicted molar refractivity (Wildman–Crippen MR) is 83.0 cm³/mol. The molecule has 0 aliphatic carbocycles. The highest BCUT2D eigenvalue weighted by atomic mass is 28.2. The first-order valence-corrected chi connectivity index (χ1v) is 10.0. The molecule has 0 unspecified atom stereocenters. The van der Waals surface area contributed by atoms with Gasteiger partial charge in [0.25, 0.3) is 0 Å². The first kappa shape index (κ1) is 14.3. The summed E-state index contributed by atoms with van der Waals surface area (Å²) in [5.74, 6) is 0. The van der Waals surface area contributed by atoms with Crippen LogP contribution in [-0.2, 0) is 0 Å². The Morgan fingerprint density at radius 2 is 1.56 bits per heavy atom. The lowest BCUT2D eigenvalue weighted by Crippen LogP contribution is -2.45. The Labute approximate surface area is 115 Å². The summed E-state index contributed by atoms with van der Waals surface area (Å²) >= 11 is 0. The largest absolute Gasteiger partial charge is 0.288 e. The van der Waals surface area contributed by atoms with Gasteiger partial charge in [0.05, 0.1) is 6.17 Å². The maximum atomic E-state index is 3.84. The fourth-order valence-corrected chi connectivity index (χ4v) is 4.69. The molecule has 0 saturated carbocycles. The van der Waals surface area contributed by atoms with E-state index in [4.69, 9.17) is 0 Å². The molecule has 2 fully saturated rings. The number of allylic oxidation sites excluding steroid dienone is 1. The normalized spacial score (nSPS) is 22.7. The molecule has 104 valence electrons. The Morgan fingerprint density at radius 1 is 1.00 bits per heavy atom. The van der Waals surface area contributed by atoms with Crippen molar-refractivity contribution in [2.75, 3.05) is 26.2 Å². The highest BCUT2D eigenvalue weighted by Crippen LogP contribution is 2.23. The molecule has 0 amide bonds. The third-order valence-electron chi connectivity index (χ3n) is 4.49. The van der Waals surface area contributed by atoms with Gasteiger partial charge in [0.15, 0.2) is 0 Å². The minimum absolute atomic E-state index is 0.170. The van der Waals surface area contributed by atoms with Gasteiger partial charge in [-0.3, -0.25) is 9.80 Å². The molecule has 0 radical (unpaired) electrons. The van der Waals surface area contributed by atoms with Crippen molar-refractivity contribution >= 4 is 9.52 Å². The molecule has 0 aromatic rings. The smallest absolute Gasteiger partial charge is 0.0622 e. The summed E-state index contributed by atoms with van der Waals surface area (Å²) in [7, 11) is 0.170. The molecular formula is C15H30N2Si. The Balaban J connectivity index is 1.74. The van der Waals surface area contributed by atoms with Crippen molar-refractivity contribution in [2.24, 2.45) is 0 Å². The van der Waals surface area contributed by atoms with Crippen LogP contribution in [0.1, 0.15) is 38.5 Å². The SMILES string of the molecule is C=CC[SiH2]CCCC(N1CCCC1)N1CCCC1. The molecule has 2 aliphatic rings. The molecule has 2 heterocycles. The summed E-state index contributed by atoms with van der Waals surface area (Å²) in [4.78, 5) is 5.53.